The molecule has 0 aliphatic carbocycles. The van der Waals surface area contributed by atoms with Crippen LogP contribution in [-0.2, 0) is 10.0 Å². The van der Waals surface area contributed by atoms with Crippen molar-refractivity contribution < 1.29 is 22.7 Å². The SMILES string of the molecule is COc1ccc(NC(=O)c2cc(S(=O)(=O)N3CCSCC3)ccc2Cl)cc1OC. The van der Waals surface area contributed by atoms with E-state index in [4.69, 9.17) is 21.1 Å². The summed E-state index contributed by atoms with van der Waals surface area (Å²) in [6, 6.07) is 9.08. The normalized spacial score (nSPS) is 15.0. The van der Waals surface area contributed by atoms with E-state index < -0.39 is 15.9 Å². The van der Waals surface area contributed by atoms with E-state index in [1.54, 1.807) is 30.0 Å². The lowest BCUT2D eigenvalue weighted by Crippen LogP contribution is -2.37. The van der Waals surface area contributed by atoms with Gasteiger partial charge in [-0.2, -0.15) is 16.1 Å². The van der Waals surface area contributed by atoms with Crippen molar-refractivity contribution in [1.29, 1.82) is 0 Å². The molecule has 0 bridgehead atoms. The van der Waals surface area contributed by atoms with Gasteiger partial charge in [0.1, 0.15) is 0 Å². The van der Waals surface area contributed by atoms with E-state index in [-0.39, 0.29) is 15.5 Å². The number of nitrogens with zero attached hydrogens (tertiary/aromatic N) is 1. The Morgan fingerprint density at radius 3 is 2.41 bits per heavy atom. The molecule has 3 rings (SSSR count). The lowest BCUT2D eigenvalue weighted by molar-refractivity contribution is 0.102. The number of amides is 1. The fourth-order valence-electron chi connectivity index (χ4n) is 2.89. The summed E-state index contributed by atoms with van der Waals surface area (Å²) in [6.07, 6.45) is 0. The molecule has 2 aromatic rings. The Morgan fingerprint density at radius 1 is 1.07 bits per heavy atom. The van der Waals surface area contributed by atoms with Crippen LogP contribution in [0.1, 0.15) is 10.4 Å². The monoisotopic (exact) mass is 456 g/mol. The van der Waals surface area contributed by atoms with Crippen LogP contribution in [0.4, 0.5) is 5.69 Å². The number of carbonyl (C=O) groups is 1. The van der Waals surface area contributed by atoms with Crippen molar-refractivity contribution in [3.8, 4) is 11.5 Å². The van der Waals surface area contributed by atoms with Crippen LogP contribution in [0.25, 0.3) is 0 Å². The molecular formula is C19H21ClN2O5S2. The molecule has 1 saturated heterocycles. The van der Waals surface area contributed by atoms with Crippen molar-refractivity contribution in [1.82, 2.24) is 4.31 Å². The number of anilines is 1. The van der Waals surface area contributed by atoms with Crippen molar-refractivity contribution in [2.45, 2.75) is 4.90 Å². The molecule has 156 valence electrons. The van der Waals surface area contributed by atoms with Gasteiger partial charge in [-0.25, -0.2) is 8.42 Å². The Hall–Kier alpha value is -1.94. The second kappa shape index (κ2) is 9.25. The van der Waals surface area contributed by atoms with Gasteiger partial charge in [-0.1, -0.05) is 11.6 Å². The number of thioether (sulfide) groups is 1. The quantitative estimate of drug-likeness (QED) is 0.717. The Kier molecular flexibility index (Phi) is 6.94. The number of methoxy groups -OCH3 is 2. The van der Waals surface area contributed by atoms with Crippen molar-refractivity contribution in [3.63, 3.8) is 0 Å². The van der Waals surface area contributed by atoms with E-state index in [1.807, 2.05) is 0 Å². The minimum Gasteiger partial charge on any atom is -0.493 e. The first-order chi connectivity index (χ1) is 13.9. The van der Waals surface area contributed by atoms with Crippen LogP contribution < -0.4 is 14.8 Å². The van der Waals surface area contributed by atoms with Crippen molar-refractivity contribution in [3.05, 3.63) is 47.0 Å². The zero-order valence-electron chi connectivity index (χ0n) is 16.0. The third-order valence-corrected chi connectivity index (χ3v) is 7.60. The van der Waals surface area contributed by atoms with E-state index >= 15 is 0 Å². The second-order valence-corrected chi connectivity index (χ2v) is 9.75. The molecule has 0 aromatic heterocycles. The topological polar surface area (TPSA) is 84.9 Å². The Morgan fingerprint density at radius 2 is 1.76 bits per heavy atom. The molecule has 7 nitrogen and oxygen atoms in total. The number of ether oxygens (including phenoxy) is 2. The van der Waals surface area contributed by atoms with Crippen molar-refractivity contribution in [2.75, 3.05) is 44.1 Å². The Bertz CT molecular complexity index is 1010. The smallest absolute Gasteiger partial charge is 0.257 e. The van der Waals surface area contributed by atoms with Gasteiger partial charge in [0, 0.05) is 36.3 Å². The zero-order valence-corrected chi connectivity index (χ0v) is 18.4. The van der Waals surface area contributed by atoms with Crippen LogP contribution in [0.2, 0.25) is 5.02 Å². The number of rotatable bonds is 6. The van der Waals surface area contributed by atoms with Crippen LogP contribution in [0, 0.1) is 0 Å². The highest BCUT2D eigenvalue weighted by molar-refractivity contribution is 7.99. The number of nitrogens with one attached hydrogen (secondary N) is 1. The van der Waals surface area contributed by atoms with Gasteiger partial charge in [-0.05, 0) is 30.3 Å². The van der Waals surface area contributed by atoms with Crippen LogP contribution >= 0.6 is 23.4 Å². The molecule has 0 unspecified atom stereocenters. The van der Waals surface area contributed by atoms with Crippen molar-refractivity contribution in [2.24, 2.45) is 0 Å². The average molecular weight is 457 g/mol. The van der Waals surface area contributed by atoms with Gasteiger partial charge in [-0.3, -0.25) is 4.79 Å². The van der Waals surface area contributed by atoms with E-state index in [0.717, 1.165) is 11.5 Å². The predicted octanol–water partition coefficient (Wildman–Crippen LogP) is 3.35. The predicted molar refractivity (Wildman–Crippen MR) is 115 cm³/mol. The maximum atomic E-state index is 12.9. The van der Waals surface area contributed by atoms with E-state index in [1.165, 1.54) is 36.7 Å². The van der Waals surface area contributed by atoms with E-state index in [0.29, 0.717) is 30.3 Å². The molecule has 1 N–H and O–H groups in total. The van der Waals surface area contributed by atoms with Crippen LogP contribution in [-0.4, -0.2) is 57.4 Å². The van der Waals surface area contributed by atoms with Crippen LogP contribution in [0.3, 0.4) is 0 Å². The number of hydrogen-bond donors (Lipinski definition) is 1. The van der Waals surface area contributed by atoms with Gasteiger partial charge >= 0.3 is 0 Å². The van der Waals surface area contributed by atoms with Crippen LogP contribution in [0.5, 0.6) is 11.5 Å². The van der Waals surface area contributed by atoms with Gasteiger partial charge in [-0.15, -0.1) is 0 Å². The van der Waals surface area contributed by atoms with Gasteiger partial charge in [0.05, 0.1) is 29.7 Å². The molecule has 0 atom stereocenters. The first-order valence-electron chi connectivity index (χ1n) is 8.77. The standard InChI is InChI=1S/C19H21ClN2O5S2/c1-26-17-6-3-13(11-18(17)27-2)21-19(23)15-12-14(4-5-16(15)20)29(24,25)22-7-9-28-10-8-22/h3-6,11-12H,7-10H2,1-2H3,(H,21,23). The maximum Gasteiger partial charge on any atom is 0.257 e. The first-order valence-corrected chi connectivity index (χ1v) is 11.7. The molecule has 1 amide bonds. The average Bonchev–Trinajstić information content (AvgIpc) is 2.74. The van der Waals surface area contributed by atoms with Gasteiger partial charge in [0.2, 0.25) is 10.0 Å². The second-order valence-electron chi connectivity index (χ2n) is 6.18. The number of hydrogen-bond acceptors (Lipinski definition) is 6. The summed E-state index contributed by atoms with van der Waals surface area (Å²) in [6.45, 7) is 0.894. The third kappa shape index (κ3) is 4.80. The Labute approximate surface area is 179 Å². The number of benzene rings is 2. The highest BCUT2D eigenvalue weighted by Crippen LogP contribution is 2.31. The highest BCUT2D eigenvalue weighted by Gasteiger charge is 2.27. The minimum atomic E-state index is -3.68. The third-order valence-electron chi connectivity index (χ3n) is 4.43. The summed E-state index contributed by atoms with van der Waals surface area (Å²) in [5, 5.41) is 2.88. The number of halogens is 1. The fraction of sp³-hybridized carbons (Fsp3) is 0.316. The molecule has 2 aromatic carbocycles. The summed E-state index contributed by atoms with van der Waals surface area (Å²) < 4.78 is 37.6. The molecule has 1 aliphatic heterocycles. The summed E-state index contributed by atoms with van der Waals surface area (Å²) in [5.41, 5.74) is 0.541. The number of carbonyl (C=O) groups excluding carboxylic acids is 1. The summed E-state index contributed by atoms with van der Waals surface area (Å²) in [4.78, 5) is 12.8. The Balaban J connectivity index is 1.87. The van der Waals surface area contributed by atoms with E-state index in [9.17, 15) is 13.2 Å². The number of sulfonamides is 1. The first kappa shape index (κ1) is 21.8. The molecule has 29 heavy (non-hydrogen) atoms. The summed E-state index contributed by atoms with van der Waals surface area (Å²) in [7, 11) is -0.672. The highest BCUT2D eigenvalue weighted by atomic mass is 35.5. The van der Waals surface area contributed by atoms with Gasteiger partial charge in [0.25, 0.3) is 5.91 Å². The van der Waals surface area contributed by atoms with Gasteiger partial charge < -0.3 is 14.8 Å². The molecule has 0 spiro atoms. The molecule has 0 radical (unpaired) electrons. The zero-order chi connectivity index (χ0) is 21.0. The van der Waals surface area contributed by atoms with Crippen LogP contribution in [0.15, 0.2) is 41.3 Å². The summed E-state index contributed by atoms with van der Waals surface area (Å²) >= 11 is 7.90. The lowest BCUT2D eigenvalue weighted by atomic mass is 10.2. The van der Waals surface area contributed by atoms with Crippen molar-refractivity contribution >= 4 is 45.0 Å². The minimum absolute atomic E-state index is 0.0475. The maximum absolute atomic E-state index is 12.9. The molecule has 1 aliphatic rings. The van der Waals surface area contributed by atoms with E-state index in [2.05, 4.69) is 5.32 Å². The van der Waals surface area contributed by atoms with Gasteiger partial charge in [0.15, 0.2) is 11.5 Å². The molecule has 1 heterocycles. The molecule has 0 saturated carbocycles. The molecular weight excluding hydrogens is 436 g/mol. The lowest BCUT2D eigenvalue weighted by Gasteiger charge is -2.25. The molecule has 10 heteroatoms. The fourth-order valence-corrected chi connectivity index (χ4v) is 5.69. The summed E-state index contributed by atoms with van der Waals surface area (Å²) in [5.74, 6) is 1.96. The molecule has 1 fully saturated rings. The largest absolute Gasteiger partial charge is 0.493 e.